The third kappa shape index (κ3) is 6.41. The smallest absolute Gasteiger partial charge is 0.216 e. The molecule has 1 atom stereocenters. The van der Waals surface area contributed by atoms with Gasteiger partial charge in [-0.2, -0.15) is 5.10 Å². The number of oxazole rings is 1. The van der Waals surface area contributed by atoms with E-state index in [2.05, 4.69) is 78.0 Å². The second-order valence-corrected chi connectivity index (χ2v) is 8.16. The van der Waals surface area contributed by atoms with Crippen LogP contribution in [0.15, 0.2) is 21.7 Å². The molecule has 0 aliphatic rings. The van der Waals surface area contributed by atoms with Crippen molar-refractivity contribution < 1.29 is 4.42 Å². The SMILES string of the molecule is CCNC(=NCc1ncc(C(C)(C)C)o1)NCC(C)Cn1nc(C)cc1C. The quantitative estimate of drug-likeness (QED) is 0.575. The number of nitrogens with one attached hydrogen (secondary N) is 2. The van der Waals surface area contributed by atoms with Crippen LogP contribution in [-0.2, 0) is 18.5 Å². The van der Waals surface area contributed by atoms with Gasteiger partial charge >= 0.3 is 0 Å². The summed E-state index contributed by atoms with van der Waals surface area (Å²) >= 11 is 0. The van der Waals surface area contributed by atoms with Gasteiger partial charge < -0.3 is 15.1 Å². The summed E-state index contributed by atoms with van der Waals surface area (Å²) < 4.78 is 7.87. The average Bonchev–Trinajstić information content (AvgIpc) is 3.17. The molecule has 2 rings (SSSR count). The molecule has 0 aliphatic carbocycles. The molecule has 0 saturated heterocycles. The molecule has 150 valence electrons. The lowest BCUT2D eigenvalue weighted by atomic mass is 9.94. The van der Waals surface area contributed by atoms with Gasteiger partial charge in [0.25, 0.3) is 0 Å². The molecule has 2 aromatic heterocycles. The van der Waals surface area contributed by atoms with E-state index in [-0.39, 0.29) is 5.41 Å². The molecule has 2 N–H and O–H groups in total. The first kappa shape index (κ1) is 21.0. The highest BCUT2D eigenvalue weighted by atomic mass is 16.4. The van der Waals surface area contributed by atoms with Gasteiger partial charge in [-0.25, -0.2) is 9.98 Å². The Morgan fingerprint density at radius 3 is 2.59 bits per heavy atom. The fraction of sp³-hybridized carbons (Fsp3) is 0.650. The maximum absolute atomic E-state index is 5.81. The van der Waals surface area contributed by atoms with Crippen molar-refractivity contribution in [2.45, 2.75) is 67.0 Å². The zero-order valence-corrected chi connectivity index (χ0v) is 17.8. The number of aliphatic imine (C=N–C) groups is 1. The summed E-state index contributed by atoms with van der Waals surface area (Å²) in [6, 6.07) is 2.11. The standard InChI is InChI=1S/C20H34N6O/c1-8-21-19(24-12-18-22-11-17(27-18)20(5,6)7)23-10-14(2)13-26-16(4)9-15(3)25-26/h9,11,14H,8,10,12-13H2,1-7H3,(H2,21,23,24). The van der Waals surface area contributed by atoms with Crippen LogP contribution in [0.2, 0.25) is 0 Å². The lowest BCUT2D eigenvalue weighted by Gasteiger charge is -2.16. The van der Waals surface area contributed by atoms with Crippen LogP contribution in [0.5, 0.6) is 0 Å². The summed E-state index contributed by atoms with van der Waals surface area (Å²) in [4.78, 5) is 8.93. The van der Waals surface area contributed by atoms with Crippen molar-refractivity contribution in [2.24, 2.45) is 10.9 Å². The molecular weight excluding hydrogens is 340 g/mol. The number of hydrogen-bond acceptors (Lipinski definition) is 4. The van der Waals surface area contributed by atoms with Crippen molar-refractivity contribution in [2.75, 3.05) is 13.1 Å². The zero-order chi connectivity index (χ0) is 20.0. The Bertz CT molecular complexity index is 753. The molecule has 1 unspecified atom stereocenters. The number of aryl methyl sites for hydroxylation is 2. The molecule has 7 nitrogen and oxygen atoms in total. The van der Waals surface area contributed by atoms with Crippen LogP contribution in [-0.4, -0.2) is 33.8 Å². The largest absolute Gasteiger partial charge is 0.443 e. The maximum Gasteiger partial charge on any atom is 0.216 e. The van der Waals surface area contributed by atoms with Crippen LogP contribution >= 0.6 is 0 Å². The van der Waals surface area contributed by atoms with Crippen molar-refractivity contribution >= 4 is 5.96 Å². The number of guanidine groups is 1. The molecule has 0 amide bonds. The first-order valence-electron chi connectivity index (χ1n) is 9.67. The minimum Gasteiger partial charge on any atom is -0.443 e. The van der Waals surface area contributed by atoms with Crippen LogP contribution in [0.25, 0.3) is 0 Å². The maximum atomic E-state index is 5.81. The van der Waals surface area contributed by atoms with Gasteiger partial charge in [-0.1, -0.05) is 27.7 Å². The highest BCUT2D eigenvalue weighted by Crippen LogP contribution is 2.22. The van der Waals surface area contributed by atoms with Crippen LogP contribution in [0.1, 0.15) is 57.7 Å². The predicted molar refractivity (Wildman–Crippen MR) is 109 cm³/mol. The summed E-state index contributed by atoms with van der Waals surface area (Å²) in [5.41, 5.74) is 2.21. The van der Waals surface area contributed by atoms with E-state index < -0.39 is 0 Å². The molecule has 0 aliphatic heterocycles. The molecule has 27 heavy (non-hydrogen) atoms. The summed E-state index contributed by atoms with van der Waals surface area (Å²) in [6.45, 7) is 17.6. The van der Waals surface area contributed by atoms with E-state index in [1.165, 1.54) is 5.69 Å². The fourth-order valence-corrected chi connectivity index (χ4v) is 2.71. The van der Waals surface area contributed by atoms with Gasteiger partial charge in [0.1, 0.15) is 12.3 Å². The average molecular weight is 375 g/mol. The van der Waals surface area contributed by atoms with Crippen molar-refractivity contribution in [1.82, 2.24) is 25.4 Å². The van der Waals surface area contributed by atoms with E-state index in [1.807, 2.05) is 6.92 Å². The summed E-state index contributed by atoms with van der Waals surface area (Å²) in [5, 5.41) is 11.2. The lowest BCUT2D eigenvalue weighted by Crippen LogP contribution is -2.40. The first-order valence-corrected chi connectivity index (χ1v) is 9.67. The predicted octanol–water partition coefficient (Wildman–Crippen LogP) is 3.18. The highest BCUT2D eigenvalue weighted by Gasteiger charge is 2.19. The van der Waals surface area contributed by atoms with E-state index in [9.17, 15) is 0 Å². The first-order chi connectivity index (χ1) is 12.7. The minimum atomic E-state index is -0.0455. The zero-order valence-electron chi connectivity index (χ0n) is 17.8. The van der Waals surface area contributed by atoms with Crippen molar-refractivity contribution in [3.8, 4) is 0 Å². The van der Waals surface area contributed by atoms with Gasteiger partial charge in [-0.3, -0.25) is 4.68 Å². The van der Waals surface area contributed by atoms with Crippen molar-refractivity contribution in [3.05, 3.63) is 35.3 Å². The van der Waals surface area contributed by atoms with Gasteiger partial charge in [0.15, 0.2) is 5.96 Å². The van der Waals surface area contributed by atoms with Crippen LogP contribution < -0.4 is 10.6 Å². The van der Waals surface area contributed by atoms with Crippen LogP contribution in [0.4, 0.5) is 0 Å². The lowest BCUT2D eigenvalue weighted by molar-refractivity contribution is 0.383. The summed E-state index contributed by atoms with van der Waals surface area (Å²) in [6.07, 6.45) is 1.79. The summed E-state index contributed by atoms with van der Waals surface area (Å²) in [5.74, 6) is 2.70. The molecule has 0 spiro atoms. The molecule has 2 aromatic rings. The third-order valence-electron chi connectivity index (χ3n) is 4.22. The number of rotatable bonds is 7. The molecule has 2 heterocycles. The second kappa shape index (κ2) is 9.06. The van der Waals surface area contributed by atoms with Gasteiger partial charge in [-0.05, 0) is 32.8 Å². The Labute approximate surface area is 162 Å². The fourth-order valence-electron chi connectivity index (χ4n) is 2.71. The molecule has 0 bridgehead atoms. The normalized spacial score (nSPS) is 13.7. The van der Waals surface area contributed by atoms with E-state index in [4.69, 9.17) is 4.42 Å². The number of hydrogen-bond donors (Lipinski definition) is 2. The second-order valence-electron chi connectivity index (χ2n) is 8.16. The van der Waals surface area contributed by atoms with Gasteiger partial charge in [0.05, 0.1) is 11.9 Å². The molecule has 7 heteroatoms. The minimum absolute atomic E-state index is 0.0455. The Morgan fingerprint density at radius 2 is 2.04 bits per heavy atom. The highest BCUT2D eigenvalue weighted by molar-refractivity contribution is 5.79. The molecule has 0 fully saturated rings. The summed E-state index contributed by atoms with van der Waals surface area (Å²) in [7, 11) is 0. The topological polar surface area (TPSA) is 80.3 Å². The Hall–Kier alpha value is -2.31. The Balaban J connectivity index is 1.91. The van der Waals surface area contributed by atoms with Crippen LogP contribution in [0, 0.1) is 19.8 Å². The molecule has 0 aromatic carbocycles. The monoisotopic (exact) mass is 374 g/mol. The van der Waals surface area contributed by atoms with Crippen LogP contribution in [0.3, 0.4) is 0 Å². The van der Waals surface area contributed by atoms with E-state index in [1.54, 1.807) is 6.20 Å². The number of nitrogens with zero attached hydrogens (tertiary/aromatic N) is 4. The Kier molecular flexibility index (Phi) is 7.05. The van der Waals surface area contributed by atoms with Gasteiger partial charge in [0, 0.05) is 30.7 Å². The van der Waals surface area contributed by atoms with Gasteiger partial charge in [0.2, 0.25) is 5.89 Å². The van der Waals surface area contributed by atoms with Gasteiger partial charge in [-0.15, -0.1) is 0 Å². The molecule has 0 radical (unpaired) electrons. The molecular formula is C20H34N6O. The van der Waals surface area contributed by atoms with E-state index in [0.717, 1.165) is 37.0 Å². The van der Waals surface area contributed by atoms with Crippen molar-refractivity contribution in [1.29, 1.82) is 0 Å². The van der Waals surface area contributed by atoms with E-state index in [0.29, 0.717) is 18.4 Å². The number of aromatic nitrogens is 3. The molecule has 0 saturated carbocycles. The third-order valence-corrected chi connectivity index (χ3v) is 4.22. The Morgan fingerprint density at radius 1 is 1.30 bits per heavy atom. The van der Waals surface area contributed by atoms with E-state index >= 15 is 0 Å². The van der Waals surface area contributed by atoms with Crippen molar-refractivity contribution in [3.63, 3.8) is 0 Å².